The van der Waals surface area contributed by atoms with Crippen LogP contribution in [-0.4, -0.2) is 20.0 Å². The Labute approximate surface area is 78.4 Å². The zero-order valence-corrected chi connectivity index (χ0v) is 8.16. The number of para-hydroxylation sites is 2. The van der Waals surface area contributed by atoms with Crippen molar-refractivity contribution in [2.45, 2.75) is 6.92 Å². The Kier molecular flexibility index (Phi) is 2.90. The normalized spacial score (nSPS) is 9.46. The summed E-state index contributed by atoms with van der Waals surface area (Å²) in [5.41, 5.74) is 1.86. The Bertz CT molecular complexity index is 308. The molecule has 0 aliphatic heterocycles. The molecule has 3 heteroatoms. The van der Waals surface area contributed by atoms with Crippen molar-refractivity contribution in [3.8, 4) is 0 Å². The van der Waals surface area contributed by atoms with Gasteiger partial charge in [0.15, 0.2) is 0 Å². The maximum atomic E-state index is 10.9. The van der Waals surface area contributed by atoms with Crippen LogP contribution < -0.4 is 10.2 Å². The number of rotatable bonds is 2. The van der Waals surface area contributed by atoms with Crippen molar-refractivity contribution in [3.63, 3.8) is 0 Å². The molecule has 0 aliphatic rings. The van der Waals surface area contributed by atoms with Crippen LogP contribution in [0, 0.1) is 0 Å². The second-order valence-electron chi connectivity index (χ2n) is 3.09. The van der Waals surface area contributed by atoms with Gasteiger partial charge in [0.1, 0.15) is 0 Å². The third kappa shape index (κ3) is 2.47. The van der Waals surface area contributed by atoms with Gasteiger partial charge >= 0.3 is 0 Å². The van der Waals surface area contributed by atoms with Crippen LogP contribution in [0.2, 0.25) is 0 Å². The molecule has 0 saturated heterocycles. The molecule has 1 aromatic rings. The number of amides is 1. The molecule has 0 aliphatic carbocycles. The maximum Gasteiger partial charge on any atom is 0.221 e. The van der Waals surface area contributed by atoms with E-state index in [-0.39, 0.29) is 5.91 Å². The number of hydrogen-bond acceptors (Lipinski definition) is 2. The van der Waals surface area contributed by atoms with Gasteiger partial charge in [-0.2, -0.15) is 0 Å². The van der Waals surface area contributed by atoms with Crippen LogP contribution >= 0.6 is 0 Å². The summed E-state index contributed by atoms with van der Waals surface area (Å²) >= 11 is 0. The second kappa shape index (κ2) is 3.94. The fraction of sp³-hybridized carbons (Fsp3) is 0.300. The van der Waals surface area contributed by atoms with Gasteiger partial charge in [0.05, 0.1) is 11.4 Å². The van der Waals surface area contributed by atoms with Gasteiger partial charge in [-0.15, -0.1) is 0 Å². The molecule has 3 nitrogen and oxygen atoms in total. The number of benzene rings is 1. The van der Waals surface area contributed by atoms with Gasteiger partial charge in [-0.1, -0.05) is 12.1 Å². The van der Waals surface area contributed by atoms with Gasteiger partial charge < -0.3 is 10.2 Å². The van der Waals surface area contributed by atoms with Crippen LogP contribution in [0.5, 0.6) is 0 Å². The number of carbonyl (C=O) groups excluding carboxylic acids is 1. The van der Waals surface area contributed by atoms with Crippen molar-refractivity contribution < 1.29 is 4.79 Å². The van der Waals surface area contributed by atoms with Crippen LogP contribution in [0.3, 0.4) is 0 Å². The highest BCUT2D eigenvalue weighted by Crippen LogP contribution is 2.22. The molecular formula is C10H14N2O. The summed E-state index contributed by atoms with van der Waals surface area (Å²) in [6.45, 7) is 1.51. The zero-order chi connectivity index (χ0) is 9.84. The van der Waals surface area contributed by atoms with E-state index in [0.29, 0.717) is 0 Å². The van der Waals surface area contributed by atoms with Crippen LogP contribution in [0.15, 0.2) is 24.3 Å². The average Bonchev–Trinajstić information content (AvgIpc) is 2.03. The number of nitrogens with zero attached hydrogens (tertiary/aromatic N) is 1. The lowest BCUT2D eigenvalue weighted by atomic mass is 10.2. The summed E-state index contributed by atoms with van der Waals surface area (Å²) in [6, 6.07) is 7.70. The number of hydrogen-bond donors (Lipinski definition) is 1. The smallest absolute Gasteiger partial charge is 0.221 e. The van der Waals surface area contributed by atoms with Crippen molar-refractivity contribution >= 4 is 17.3 Å². The predicted octanol–water partition coefficient (Wildman–Crippen LogP) is 1.71. The molecule has 1 N–H and O–H groups in total. The Morgan fingerprint density at radius 1 is 1.31 bits per heavy atom. The summed E-state index contributed by atoms with van der Waals surface area (Å²) in [7, 11) is 3.89. The van der Waals surface area contributed by atoms with Crippen molar-refractivity contribution in [1.29, 1.82) is 0 Å². The molecule has 0 fully saturated rings. The van der Waals surface area contributed by atoms with Gasteiger partial charge in [0.2, 0.25) is 5.91 Å². The van der Waals surface area contributed by atoms with Gasteiger partial charge in [0, 0.05) is 21.0 Å². The molecule has 1 aromatic carbocycles. The van der Waals surface area contributed by atoms with Gasteiger partial charge in [0.25, 0.3) is 0 Å². The summed E-state index contributed by atoms with van der Waals surface area (Å²) in [5, 5.41) is 2.77. The first kappa shape index (κ1) is 9.58. The SMILES string of the molecule is CC(=O)Nc1ccccc1N(C)C. The quantitative estimate of drug-likeness (QED) is 0.747. The minimum Gasteiger partial charge on any atom is -0.376 e. The van der Waals surface area contributed by atoms with Crippen LogP contribution in [0.25, 0.3) is 0 Å². The molecule has 0 saturated carbocycles. The molecule has 0 spiro atoms. The molecule has 0 unspecified atom stereocenters. The first-order valence-electron chi connectivity index (χ1n) is 4.15. The minimum absolute atomic E-state index is 0.0469. The monoisotopic (exact) mass is 178 g/mol. The first-order chi connectivity index (χ1) is 6.11. The second-order valence-corrected chi connectivity index (χ2v) is 3.09. The van der Waals surface area contributed by atoms with E-state index in [1.165, 1.54) is 6.92 Å². The molecule has 1 rings (SSSR count). The molecule has 0 bridgehead atoms. The highest BCUT2D eigenvalue weighted by atomic mass is 16.1. The summed E-state index contributed by atoms with van der Waals surface area (Å²) < 4.78 is 0. The van der Waals surface area contributed by atoms with Crippen molar-refractivity contribution in [1.82, 2.24) is 0 Å². The van der Waals surface area contributed by atoms with E-state index in [1.807, 2.05) is 43.3 Å². The molecular weight excluding hydrogens is 164 g/mol. The van der Waals surface area contributed by atoms with Crippen molar-refractivity contribution in [3.05, 3.63) is 24.3 Å². The largest absolute Gasteiger partial charge is 0.376 e. The Morgan fingerprint density at radius 2 is 1.92 bits per heavy atom. The minimum atomic E-state index is -0.0469. The molecule has 0 radical (unpaired) electrons. The summed E-state index contributed by atoms with van der Waals surface area (Å²) in [6.07, 6.45) is 0. The van der Waals surface area contributed by atoms with Crippen LogP contribution in [0.4, 0.5) is 11.4 Å². The van der Waals surface area contributed by atoms with E-state index in [9.17, 15) is 4.79 Å². The highest BCUT2D eigenvalue weighted by Gasteiger charge is 2.03. The Balaban J connectivity index is 2.97. The standard InChI is InChI=1S/C10H14N2O/c1-8(13)11-9-6-4-5-7-10(9)12(2)3/h4-7H,1-3H3,(H,11,13). The van der Waals surface area contributed by atoms with Gasteiger partial charge in [-0.05, 0) is 12.1 Å². The number of anilines is 2. The predicted molar refractivity (Wildman–Crippen MR) is 55.1 cm³/mol. The molecule has 70 valence electrons. The van der Waals surface area contributed by atoms with Crippen molar-refractivity contribution in [2.75, 3.05) is 24.3 Å². The molecule has 0 aromatic heterocycles. The molecule has 13 heavy (non-hydrogen) atoms. The van der Waals surface area contributed by atoms with Crippen LogP contribution in [-0.2, 0) is 4.79 Å². The maximum absolute atomic E-state index is 10.9. The van der Waals surface area contributed by atoms with E-state index in [0.717, 1.165) is 11.4 Å². The van der Waals surface area contributed by atoms with E-state index >= 15 is 0 Å². The lowest BCUT2D eigenvalue weighted by Gasteiger charge is -2.16. The molecule has 1 amide bonds. The third-order valence-electron chi connectivity index (χ3n) is 1.70. The first-order valence-corrected chi connectivity index (χ1v) is 4.15. The van der Waals surface area contributed by atoms with Crippen LogP contribution in [0.1, 0.15) is 6.92 Å². The topological polar surface area (TPSA) is 32.3 Å². The highest BCUT2D eigenvalue weighted by molar-refractivity contribution is 5.92. The van der Waals surface area contributed by atoms with Gasteiger partial charge in [-0.3, -0.25) is 4.79 Å². The third-order valence-corrected chi connectivity index (χ3v) is 1.70. The van der Waals surface area contributed by atoms with E-state index in [1.54, 1.807) is 0 Å². The molecule has 0 atom stereocenters. The Hall–Kier alpha value is -1.51. The fourth-order valence-electron chi connectivity index (χ4n) is 1.16. The fourth-order valence-corrected chi connectivity index (χ4v) is 1.16. The summed E-state index contributed by atoms with van der Waals surface area (Å²) in [4.78, 5) is 12.8. The van der Waals surface area contributed by atoms with Gasteiger partial charge in [-0.25, -0.2) is 0 Å². The van der Waals surface area contributed by atoms with E-state index < -0.39 is 0 Å². The molecule has 0 heterocycles. The Morgan fingerprint density at radius 3 is 2.46 bits per heavy atom. The number of nitrogens with one attached hydrogen (secondary N) is 1. The van der Waals surface area contributed by atoms with E-state index in [2.05, 4.69) is 5.32 Å². The lowest BCUT2D eigenvalue weighted by Crippen LogP contribution is -2.14. The lowest BCUT2D eigenvalue weighted by molar-refractivity contribution is -0.114. The average molecular weight is 178 g/mol. The summed E-state index contributed by atoms with van der Waals surface area (Å²) in [5.74, 6) is -0.0469. The zero-order valence-electron chi connectivity index (χ0n) is 8.16. The van der Waals surface area contributed by atoms with Crippen molar-refractivity contribution in [2.24, 2.45) is 0 Å². The number of carbonyl (C=O) groups is 1. The van der Waals surface area contributed by atoms with E-state index in [4.69, 9.17) is 0 Å².